The van der Waals surface area contributed by atoms with Crippen molar-refractivity contribution in [3.05, 3.63) is 175 Å². The molecule has 232 valence electrons. The molecular weight excluding hydrogens is 595 g/mol. The normalized spacial score (nSPS) is 13.3. The fraction of sp³-hybridized carbons (Fsp3) is 0.0638. The Bertz CT molecular complexity index is 2770. The fourth-order valence-electron chi connectivity index (χ4n) is 8.14. The summed E-state index contributed by atoms with van der Waals surface area (Å²) in [5, 5.41) is 7.13. The Labute approximate surface area is 285 Å². The van der Waals surface area contributed by atoms with E-state index < -0.39 is 0 Å². The van der Waals surface area contributed by atoms with Crippen molar-refractivity contribution in [3.63, 3.8) is 0 Å². The number of fused-ring (bicyclic) bond motifs is 8. The van der Waals surface area contributed by atoms with Crippen LogP contribution in [-0.4, -0.2) is 0 Å². The zero-order valence-corrected chi connectivity index (χ0v) is 27.4. The van der Waals surface area contributed by atoms with Gasteiger partial charge in [-0.15, -0.1) is 0 Å². The second kappa shape index (κ2) is 10.4. The number of hydrogen-bond acceptors (Lipinski definition) is 2. The van der Waals surface area contributed by atoms with Crippen LogP contribution in [-0.2, 0) is 5.41 Å². The van der Waals surface area contributed by atoms with E-state index in [0.717, 1.165) is 38.7 Å². The zero-order valence-electron chi connectivity index (χ0n) is 27.4. The van der Waals surface area contributed by atoms with E-state index >= 15 is 0 Å². The lowest BCUT2D eigenvalue weighted by molar-refractivity contribution is 0.660. The molecule has 0 aliphatic heterocycles. The third kappa shape index (κ3) is 4.27. The lowest BCUT2D eigenvalue weighted by atomic mass is 9.82. The van der Waals surface area contributed by atoms with Gasteiger partial charge >= 0.3 is 0 Å². The van der Waals surface area contributed by atoms with Crippen LogP contribution in [0.4, 0.5) is 17.1 Å². The molecule has 10 rings (SSSR count). The smallest absolute Gasteiger partial charge is 0.136 e. The Kier molecular flexibility index (Phi) is 5.95. The second-order valence-electron chi connectivity index (χ2n) is 13.8. The van der Waals surface area contributed by atoms with Crippen molar-refractivity contribution in [2.24, 2.45) is 0 Å². The molecule has 0 saturated carbocycles. The van der Waals surface area contributed by atoms with Crippen LogP contribution in [0.15, 0.2) is 168 Å². The Morgan fingerprint density at radius 3 is 2.10 bits per heavy atom. The number of anilines is 3. The molecule has 0 radical (unpaired) electrons. The van der Waals surface area contributed by atoms with Gasteiger partial charge in [0.1, 0.15) is 11.2 Å². The summed E-state index contributed by atoms with van der Waals surface area (Å²) >= 11 is 0. The molecule has 8 aromatic carbocycles. The maximum absolute atomic E-state index is 6.33. The van der Waals surface area contributed by atoms with E-state index in [1.807, 2.05) is 12.1 Å². The molecular formula is C47H33NO. The first-order valence-electron chi connectivity index (χ1n) is 17.0. The highest BCUT2D eigenvalue weighted by atomic mass is 16.3. The molecule has 2 nitrogen and oxygen atoms in total. The van der Waals surface area contributed by atoms with E-state index in [2.05, 4.69) is 170 Å². The van der Waals surface area contributed by atoms with Crippen LogP contribution < -0.4 is 4.90 Å². The Balaban J connectivity index is 1.21. The van der Waals surface area contributed by atoms with Gasteiger partial charge in [0.05, 0.1) is 5.69 Å². The summed E-state index contributed by atoms with van der Waals surface area (Å²) in [5.41, 5.74) is 12.8. The molecule has 2 heteroatoms. The standard InChI is InChI=1S/C47H33NO/c1-47(2)41-17-7-5-16-39(41)46-42(47)18-10-19-43(46)48(36-14-9-13-32(26-36)33-22-21-30-11-3-4-12-31(30)25-33)37-24-23-34-28-40-38-15-6-8-20-44(38)49-45(40)29-35(34)27-37/h3-29H,1-2H3. The number of rotatable bonds is 4. The average molecular weight is 628 g/mol. The molecule has 0 saturated heterocycles. The van der Waals surface area contributed by atoms with Crippen LogP contribution in [0.3, 0.4) is 0 Å². The first kappa shape index (κ1) is 27.9. The lowest BCUT2D eigenvalue weighted by Crippen LogP contribution is -2.16. The van der Waals surface area contributed by atoms with Gasteiger partial charge in [-0.05, 0) is 104 Å². The molecule has 0 N–H and O–H groups in total. The van der Waals surface area contributed by atoms with E-state index in [4.69, 9.17) is 4.42 Å². The topological polar surface area (TPSA) is 16.4 Å². The van der Waals surface area contributed by atoms with Gasteiger partial charge in [0, 0.05) is 33.1 Å². The second-order valence-corrected chi connectivity index (χ2v) is 13.8. The third-order valence-corrected chi connectivity index (χ3v) is 10.6. The van der Waals surface area contributed by atoms with Crippen LogP contribution in [0.5, 0.6) is 0 Å². The highest BCUT2D eigenvalue weighted by Gasteiger charge is 2.37. The van der Waals surface area contributed by atoms with Crippen LogP contribution in [0.25, 0.3) is 65.7 Å². The van der Waals surface area contributed by atoms with E-state index in [-0.39, 0.29) is 5.41 Å². The molecule has 1 heterocycles. The zero-order chi connectivity index (χ0) is 32.7. The van der Waals surface area contributed by atoms with Crippen LogP contribution in [0.2, 0.25) is 0 Å². The number of nitrogens with zero attached hydrogens (tertiary/aromatic N) is 1. The molecule has 0 atom stereocenters. The quantitative estimate of drug-likeness (QED) is 0.193. The summed E-state index contributed by atoms with van der Waals surface area (Å²) in [6.45, 7) is 4.70. The fourth-order valence-corrected chi connectivity index (χ4v) is 8.14. The predicted octanol–water partition coefficient (Wildman–Crippen LogP) is 13.3. The highest BCUT2D eigenvalue weighted by molar-refractivity contribution is 6.10. The van der Waals surface area contributed by atoms with Crippen molar-refractivity contribution in [2.45, 2.75) is 19.3 Å². The molecule has 9 aromatic rings. The SMILES string of the molecule is CC1(C)c2ccccc2-c2c(N(c3cccc(-c4ccc5ccccc5c4)c3)c3ccc4cc5c(cc4c3)oc3ccccc35)cccc21. The number of furan rings is 1. The van der Waals surface area contributed by atoms with Crippen molar-refractivity contribution in [1.82, 2.24) is 0 Å². The summed E-state index contributed by atoms with van der Waals surface area (Å²) in [6, 6.07) is 59.6. The monoisotopic (exact) mass is 627 g/mol. The van der Waals surface area contributed by atoms with Gasteiger partial charge in [-0.25, -0.2) is 0 Å². The predicted molar refractivity (Wildman–Crippen MR) is 206 cm³/mol. The summed E-state index contributed by atoms with van der Waals surface area (Å²) < 4.78 is 6.33. The third-order valence-electron chi connectivity index (χ3n) is 10.6. The molecule has 0 bridgehead atoms. The molecule has 1 aromatic heterocycles. The van der Waals surface area contributed by atoms with Gasteiger partial charge in [-0.2, -0.15) is 0 Å². The van der Waals surface area contributed by atoms with Crippen molar-refractivity contribution in [2.75, 3.05) is 4.90 Å². The summed E-state index contributed by atoms with van der Waals surface area (Å²) in [7, 11) is 0. The number of benzene rings is 8. The van der Waals surface area contributed by atoms with Crippen molar-refractivity contribution >= 4 is 60.5 Å². The Hall–Kier alpha value is -6.12. The van der Waals surface area contributed by atoms with Gasteiger partial charge in [0.2, 0.25) is 0 Å². The average Bonchev–Trinajstić information content (AvgIpc) is 3.62. The number of hydrogen-bond donors (Lipinski definition) is 0. The Morgan fingerprint density at radius 2 is 1.16 bits per heavy atom. The van der Waals surface area contributed by atoms with Gasteiger partial charge in [0.15, 0.2) is 0 Å². The summed E-state index contributed by atoms with van der Waals surface area (Å²) in [4.78, 5) is 2.45. The number of para-hydroxylation sites is 1. The van der Waals surface area contributed by atoms with Gasteiger partial charge < -0.3 is 9.32 Å². The van der Waals surface area contributed by atoms with Crippen molar-refractivity contribution in [3.8, 4) is 22.3 Å². The minimum atomic E-state index is -0.100. The largest absolute Gasteiger partial charge is 0.456 e. The van der Waals surface area contributed by atoms with Crippen molar-refractivity contribution in [1.29, 1.82) is 0 Å². The van der Waals surface area contributed by atoms with E-state index in [1.54, 1.807) is 0 Å². The lowest BCUT2D eigenvalue weighted by Gasteiger charge is -2.29. The molecule has 0 fully saturated rings. The molecule has 1 aliphatic carbocycles. The van der Waals surface area contributed by atoms with Gasteiger partial charge in [0.25, 0.3) is 0 Å². The van der Waals surface area contributed by atoms with Gasteiger partial charge in [-0.3, -0.25) is 0 Å². The maximum atomic E-state index is 6.33. The molecule has 0 unspecified atom stereocenters. The first-order valence-corrected chi connectivity index (χ1v) is 17.0. The van der Waals surface area contributed by atoms with Crippen LogP contribution in [0, 0.1) is 0 Å². The van der Waals surface area contributed by atoms with Crippen LogP contribution >= 0.6 is 0 Å². The first-order chi connectivity index (χ1) is 24.0. The van der Waals surface area contributed by atoms with Crippen molar-refractivity contribution < 1.29 is 4.42 Å². The van der Waals surface area contributed by atoms with E-state index in [9.17, 15) is 0 Å². The summed E-state index contributed by atoms with van der Waals surface area (Å²) in [6.07, 6.45) is 0. The summed E-state index contributed by atoms with van der Waals surface area (Å²) in [5.74, 6) is 0. The highest BCUT2D eigenvalue weighted by Crippen LogP contribution is 2.54. The molecule has 0 amide bonds. The van der Waals surface area contributed by atoms with Crippen LogP contribution in [0.1, 0.15) is 25.0 Å². The molecule has 1 aliphatic rings. The Morgan fingerprint density at radius 1 is 0.449 bits per heavy atom. The van der Waals surface area contributed by atoms with Gasteiger partial charge in [-0.1, -0.05) is 123 Å². The minimum Gasteiger partial charge on any atom is -0.456 e. The maximum Gasteiger partial charge on any atom is 0.136 e. The molecule has 49 heavy (non-hydrogen) atoms. The van der Waals surface area contributed by atoms with E-state index in [0.29, 0.717) is 0 Å². The molecule has 0 spiro atoms. The minimum absolute atomic E-state index is 0.100. The van der Waals surface area contributed by atoms with E-state index in [1.165, 1.54) is 55.2 Å².